The Morgan fingerprint density at radius 1 is 1.13 bits per heavy atom. The number of aliphatic hydroxyl groups excluding tert-OH is 1. The summed E-state index contributed by atoms with van der Waals surface area (Å²) in [6, 6.07) is 10.7. The second-order valence-corrected chi connectivity index (χ2v) is 7.45. The molecule has 0 spiro atoms. The molecular formula is C20H31NO2. The standard InChI is InChI=1S/C20H31NO2/c1-3-13-21(14-15-23-2)19-9-11-20(12-10-19,18(22)16-19)17-7-5-4-6-8-17/h4-8,18,22H,3,9-16H2,1-2H3/t18-,19?,20?/m1/s1. The molecule has 3 fully saturated rings. The van der Waals surface area contributed by atoms with Gasteiger partial charge in [0.1, 0.15) is 0 Å². The summed E-state index contributed by atoms with van der Waals surface area (Å²) in [6.45, 7) is 5.11. The predicted octanol–water partition coefficient (Wildman–Crippen LogP) is 3.36. The molecule has 0 amide bonds. The van der Waals surface area contributed by atoms with Crippen LogP contribution in [0.25, 0.3) is 0 Å². The van der Waals surface area contributed by atoms with Crippen LogP contribution in [0, 0.1) is 0 Å². The average molecular weight is 317 g/mol. The van der Waals surface area contributed by atoms with Crippen LogP contribution < -0.4 is 0 Å². The Morgan fingerprint density at radius 3 is 2.39 bits per heavy atom. The molecule has 3 saturated carbocycles. The zero-order valence-electron chi connectivity index (χ0n) is 14.6. The van der Waals surface area contributed by atoms with E-state index in [1.807, 2.05) is 0 Å². The van der Waals surface area contributed by atoms with E-state index in [1.54, 1.807) is 7.11 Å². The molecular weight excluding hydrogens is 286 g/mol. The monoisotopic (exact) mass is 317 g/mol. The third-order valence-corrected chi connectivity index (χ3v) is 6.36. The Bertz CT molecular complexity index is 494. The summed E-state index contributed by atoms with van der Waals surface area (Å²) in [7, 11) is 1.78. The van der Waals surface area contributed by atoms with Crippen LogP contribution in [0.2, 0.25) is 0 Å². The number of ether oxygens (including phenoxy) is 1. The lowest BCUT2D eigenvalue weighted by Crippen LogP contribution is -2.64. The number of fused-ring (bicyclic) bond motifs is 3. The second-order valence-electron chi connectivity index (χ2n) is 7.45. The van der Waals surface area contributed by atoms with E-state index in [0.29, 0.717) is 0 Å². The van der Waals surface area contributed by atoms with Gasteiger partial charge in [-0.3, -0.25) is 4.90 Å². The Kier molecular flexibility index (Phi) is 5.10. The summed E-state index contributed by atoms with van der Waals surface area (Å²) < 4.78 is 5.32. The fourth-order valence-electron chi connectivity index (χ4n) is 5.01. The van der Waals surface area contributed by atoms with Crippen LogP contribution >= 0.6 is 0 Å². The maximum Gasteiger partial charge on any atom is 0.0654 e. The van der Waals surface area contributed by atoms with Gasteiger partial charge in [0.15, 0.2) is 0 Å². The first-order valence-corrected chi connectivity index (χ1v) is 9.14. The Morgan fingerprint density at radius 2 is 1.83 bits per heavy atom. The van der Waals surface area contributed by atoms with Crippen molar-refractivity contribution in [1.29, 1.82) is 0 Å². The number of rotatable bonds is 7. The van der Waals surface area contributed by atoms with Crippen molar-refractivity contribution in [3.8, 4) is 0 Å². The number of hydrogen-bond acceptors (Lipinski definition) is 3. The van der Waals surface area contributed by atoms with Gasteiger partial charge in [-0.25, -0.2) is 0 Å². The van der Waals surface area contributed by atoms with Crippen LogP contribution in [0.5, 0.6) is 0 Å². The second kappa shape index (κ2) is 6.92. The number of hydrogen-bond donors (Lipinski definition) is 1. The lowest BCUT2D eigenvalue weighted by molar-refractivity contribution is -0.103. The van der Waals surface area contributed by atoms with Crippen LogP contribution in [-0.4, -0.2) is 48.5 Å². The van der Waals surface area contributed by atoms with Crippen molar-refractivity contribution in [3.63, 3.8) is 0 Å². The molecule has 1 aromatic rings. The van der Waals surface area contributed by atoms with E-state index >= 15 is 0 Å². The number of methoxy groups -OCH3 is 1. The molecule has 1 atom stereocenters. The maximum absolute atomic E-state index is 11.1. The van der Waals surface area contributed by atoms with Crippen LogP contribution in [0.4, 0.5) is 0 Å². The number of benzene rings is 1. The van der Waals surface area contributed by atoms with Gasteiger partial charge in [0.25, 0.3) is 0 Å². The average Bonchev–Trinajstić information content (AvgIpc) is 2.60. The number of aliphatic hydroxyl groups is 1. The quantitative estimate of drug-likeness (QED) is 0.837. The summed E-state index contributed by atoms with van der Waals surface area (Å²) in [5.74, 6) is 0. The van der Waals surface area contributed by atoms with Crippen LogP contribution in [0.3, 0.4) is 0 Å². The highest BCUT2D eigenvalue weighted by molar-refractivity contribution is 5.31. The predicted molar refractivity (Wildman–Crippen MR) is 93.7 cm³/mol. The van der Waals surface area contributed by atoms with Crippen molar-refractivity contribution in [2.75, 3.05) is 26.8 Å². The highest BCUT2D eigenvalue weighted by Gasteiger charge is 2.56. The fraction of sp³-hybridized carbons (Fsp3) is 0.700. The van der Waals surface area contributed by atoms with Crippen molar-refractivity contribution >= 4 is 0 Å². The topological polar surface area (TPSA) is 32.7 Å². The molecule has 0 heterocycles. The highest BCUT2D eigenvalue weighted by atomic mass is 16.5. The first-order valence-electron chi connectivity index (χ1n) is 9.14. The maximum atomic E-state index is 11.1. The van der Waals surface area contributed by atoms with Crippen molar-refractivity contribution in [3.05, 3.63) is 35.9 Å². The van der Waals surface area contributed by atoms with Crippen LogP contribution in [-0.2, 0) is 10.2 Å². The molecule has 1 aromatic carbocycles. The minimum atomic E-state index is -0.227. The first-order chi connectivity index (χ1) is 11.2. The van der Waals surface area contributed by atoms with Crippen molar-refractivity contribution in [2.45, 2.75) is 62.5 Å². The van der Waals surface area contributed by atoms with Crippen LogP contribution in [0.1, 0.15) is 51.0 Å². The molecule has 3 nitrogen and oxygen atoms in total. The van der Waals surface area contributed by atoms with Crippen molar-refractivity contribution in [1.82, 2.24) is 4.90 Å². The third-order valence-electron chi connectivity index (χ3n) is 6.36. The summed E-state index contributed by atoms with van der Waals surface area (Å²) in [4.78, 5) is 2.60. The zero-order chi connectivity index (χ0) is 16.3. The van der Waals surface area contributed by atoms with Gasteiger partial charge in [-0.1, -0.05) is 37.3 Å². The lowest BCUT2D eigenvalue weighted by Gasteiger charge is -2.60. The van der Waals surface area contributed by atoms with Crippen LogP contribution in [0.15, 0.2) is 30.3 Å². The molecule has 128 valence electrons. The Labute approximate surface area is 140 Å². The van der Waals surface area contributed by atoms with Gasteiger partial charge in [0, 0.05) is 24.6 Å². The van der Waals surface area contributed by atoms with Gasteiger partial charge >= 0.3 is 0 Å². The molecule has 1 N–H and O–H groups in total. The lowest BCUT2D eigenvalue weighted by atomic mass is 9.53. The normalized spacial score (nSPS) is 33.3. The Balaban J connectivity index is 1.81. The van der Waals surface area contributed by atoms with Crippen molar-refractivity contribution in [2.24, 2.45) is 0 Å². The van der Waals surface area contributed by atoms with E-state index in [-0.39, 0.29) is 17.1 Å². The minimum absolute atomic E-state index is 0.0118. The molecule has 0 radical (unpaired) electrons. The summed E-state index contributed by atoms with van der Waals surface area (Å²) in [5, 5.41) is 11.1. The van der Waals surface area contributed by atoms with Gasteiger partial charge in [-0.05, 0) is 50.6 Å². The summed E-state index contributed by atoms with van der Waals surface area (Å²) >= 11 is 0. The highest BCUT2D eigenvalue weighted by Crippen LogP contribution is 2.55. The molecule has 3 aliphatic rings. The molecule has 0 saturated heterocycles. The van der Waals surface area contributed by atoms with E-state index in [2.05, 4.69) is 42.2 Å². The molecule has 0 unspecified atom stereocenters. The summed E-state index contributed by atoms with van der Waals surface area (Å²) in [5.41, 5.74) is 1.51. The van der Waals surface area contributed by atoms with E-state index in [0.717, 1.165) is 45.4 Å². The molecule has 23 heavy (non-hydrogen) atoms. The zero-order valence-corrected chi connectivity index (χ0v) is 14.6. The van der Waals surface area contributed by atoms with Crippen molar-refractivity contribution < 1.29 is 9.84 Å². The van der Waals surface area contributed by atoms with E-state index in [1.165, 1.54) is 18.4 Å². The molecule has 3 heteroatoms. The molecule has 0 aromatic heterocycles. The van der Waals surface area contributed by atoms with Gasteiger partial charge in [-0.15, -0.1) is 0 Å². The van der Waals surface area contributed by atoms with E-state index in [9.17, 15) is 5.11 Å². The fourth-order valence-corrected chi connectivity index (χ4v) is 5.01. The summed E-state index contributed by atoms with van der Waals surface area (Å²) in [6.07, 6.45) is 6.44. The van der Waals surface area contributed by atoms with E-state index < -0.39 is 0 Å². The van der Waals surface area contributed by atoms with E-state index in [4.69, 9.17) is 4.74 Å². The largest absolute Gasteiger partial charge is 0.392 e. The Hall–Kier alpha value is -0.900. The first kappa shape index (κ1) is 16.9. The third kappa shape index (κ3) is 2.95. The number of nitrogens with zero attached hydrogens (tertiary/aromatic N) is 1. The molecule has 0 aliphatic heterocycles. The molecule has 3 aliphatic carbocycles. The smallest absolute Gasteiger partial charge is 0.0654 e. The van der Waals surface area contributed by atoms with Gasteiger partial charge in [-0.2, -0.15) is 0 Å². The van der Waals surface area contributed by atoms with Gasteiger partial charge < -0.3 is 9.84 Å². The minimum Gasteiger partial charge on any atom is -0.392 e. The van der Waals surface area contributed by atoms with Gasteiger partial charge in [0.05, 0.1) is 12.7 Å². The molecule has 2 bridgehead atoms. The molecule has 4 rings (SSSR count). The SMILES string of the molecule is CCCN(CCOC)C12CCC(c3ccccc3)(CC1)[C@H](O)C2. The van der Waals surface area contributed by atoms with Gasteiger partial charge in [0.2, 0.25) is 0 Å².